The van der Waals surface area contributed by atoms with E-state index >= 15 is 0 Å². The number of methoxy groups -OCH3 is 1. The molecule has 7 nitrogen and oxygen atoms in total. The first-order valence-electron chi connectivity index (χ1n) is 12.7. The van der Waals surface area contributed by atoms with E-state index in [9.17, 15) is 14.7 Å². The molecule has 1 aliphatic heterocycles. The summed E-state index contributed by atoms with van der Waals surface area (Å²) in [7, 11) is 1.54. The summed E-state index contributed by atoms with van der Waals surface area (Å²) in [6.07, 6.45) is 3.05. The molecule has 0 saturated carbocycles. The van der Waals surface area contributed by atoms with Crippen LogP contribution in [-0.4, -0.2) is 35.5 Å². The molecule has 2 heterocycles. The van der Waals surface area contributed by atoms with E-state index in [0.29, 0.717) is 44.9 Å². The van der Waals surface area contributed by atoms with E-state index in [2.05, 4.69) is 11.9 Å². The van der Waals surface area contributed by atoms with Crippen LogP contribution >= 0.6 is 22.9 Å². The zero-order valence-corrected chi connectivity index (χ0v) is 23.1. The molecule has 1 aliphatic rings. The van der Waals surface area contributed by atoms with E-state index in [0.717, 1.165) is 24.0 Å². The summed E-state index contributed by atoms with van der Waals surface area (Å²) in [5.74, 6) is -0.805. The van der Waals surface area contributed by atoms with Crippen LogP contribution in [0.1, 0.15) is 43.4 Å². The summed E-state index contributed by atoms with van der Waals surface area (Å²) in [6, 6.07) is 18.3. The lowest BCUT2D eigenvalue weighted by atomic mass is 9.95. The minimum atomic E-state index is -0.940. The number of fused-ring (bicyclic) bond motifs is 1. The molecule has 4 aromatic rings. The number of aliphatic hydroxyl groups is 1. The van der Waals surface area contributed by atoms with Gasteiger partial charge in [-0.05, 0) is 42.3 Å². The number of carbonyl (C=O) groups excluding carboxylic acids is 2. The van der Waals surface area contributed by atoms with Crippen LogP contribution in [0.2, 0.25) is 5.02 Å². The van der Waals surface area contributed by atoms with Gasteiger partial charge < -0.3 is 14.6 Å². The Kier molecular flexibility index (Phi) is 7.86. The van der Waals surface area contributed by atoms with Crippen molar-refractivity contribution in [3.05, 3.63) is 88.5 Å². The normalized spacial score (nSPS) is 16.7. The van der Waals surface area contributed by atoms with Crippen molar-refractivity contribution in [2.75, 3.05) is 18.6 Å². The lowest BCUT2D eigenvalue weighted by molar-refractivity contribution is -0.132. The van der Waals surface area contributed by atoms with Gasteiger partial charge in [0.25, 0.3) is 5.78 Å². The third-order valence-electron chi connectivity index (χ3n) is 6.55. The average molecular weight is 563 g/mol. The van der Waals surface area contributed by atoms with Crippen molar-refractivity contribution in [2.45, 2.75) is 32.2 Å². The van der Waals surface area contributed by atoms with Gasteiger partial charge in [0.2, 0.25) is 0 Å². The lowest BCUT2D eigenvalue weighted by Crippen LogP contribution is -2.29. The highest BCUT2D eigenvalue weighted by Gasteiger charge is 2.48. The maximum absolute atomic E-state index is 13.5. The summed E-state index contributed by atoms with van der Waals surface area (Å²) in [6.45, 7) is 2.67. The number of unbranched alkanes of at least 4 members (excludes halogenated alkanes) is 2. The number of ether oxygens (including phenoxy) is 2. The average Bonchev–Trinajstić information content (AvgIpc) is 3.48. The minimum absolute atomic E-state index is 0.0258. The second-order valence-electron chi connectivity index (χ2n) is 9.11. The smallest absolute Gasteiger partial charge is 0.301 e. The van der Waals surface area contributed by atoms with Gasteiger partial charge in [-0.2, -0.15) is 0 Å². The van der Waals surface area contributed by atoms with E-state index in [4.69, 9.17) is 21.1 Å². The molecule has 5 rings (SSSR count). The third kappa shape index (κ3) is 5.22. The minimum Gasteiger partial charge on any atom is -0.507 e. The number of nitrogens with zero attached hydrogens (tertiary/aromatic N) is 2. The van der Waals surface area contributed by atoms with E-state index in [1.165, 1.54) is 23.3 Å². The number of ketones is 1. The number of carbonyl (C=O) groups is 2. The predicted octanol–water partition coefficient (Wildman–Crippen LogP) is 7.15. The van der Waals surface area contributed by atoms with Crippen LogP contribution in [0, 0.1) is 0 Å². The molecule has 0 spiro atoms. The summed E-state index contributed by atoms with van der Waals surface area (Å²) < 4.78 is 12.3. The second kappa shape index (κ2) is 11.5. The van der Waals surface area contributed by atoms with E-state index in [-0.39, 0.29) is 11.3 Å². The number of hydrogen-bond acceptors (Lipinski definition) is 7. The molecule has 39 heavy (non-hydrogen) atoms. The highest BCUT2D eigenvalue weighted by Crippen LogP contribution is 2.46. The first kappa shape index (κ1) is 26.7. The monoisotopic (exact) mass is 562 g/mol. The summed E-state index contributed by atoms with van der Waals surface area (Å²) in [5.41, 5.74) is 1.62. The zero-order valence-electron chi connectivity index (χ0n) is 21.5. The van der Waals surface area contributed by atoms with Crippen molar-refractivity contribution in [3.63, 3.8) is 0 Å². The second-order valence-corrected chi connectivity index (χ2v) is 10.6. The molecule has 1 atom stereocenters. The molecular formula is C30H27ClN2O5S. The van der Waals surface area contributed by atoms with Gasteiger partial charge in [0, 0.05) is 10.6 Å². The number of amides is 1. The van der Waals surface area contributed by atoms with Gasteiger partial charge in [0.1, 0.15) is 5.76 Å². The summed E-state index contributed by atoms with van der Waals surface area (Å²) >= 11 is 7.42. The third-order valence-corrected chi connectivity index (χ3v) is 7.80. The molecule has 1 fully saturated rings. The van der Waals surface area contributed by atoms with Crippen LogP contribution in [0.25, 0.3) is 16.0 Å². The van der Waals surface area contributed by atoms with Crippen molar-refractivity contribution >= 4 is 55.7 Å². The fourth-order valence-corrected chi connectivity index (χ4v) is 5.86. The van der Waals surface area contributed by atoms with E-state index in [1.54, 1.807) is 60.7 Å². The molecule has 1 amide bonds. The molecule has 1 N–H and O–H groups in total. The van der Waals surface area contributed by atoms with Gasteiger partial charge in [-0.25, -0.2) is 4.98 Å². The van der Waals surface area contributed by atoms with Crippen LogP contribution in [0.3, 0.4) is 0 Å². The number of aromatic nitrogens is 1. The van der Waals surface area contributed by atoms with Crippen molar-refractivity contribution in [1.29, 1.82) is 0 Å². The van der Waals surface area contributed by atoms with Crippen LogP contribution in [0.5, 0.6) is 11.5 Å². The van der Waals surface area contributed by atoms with Crippen LogP contribution < -0.4 is 14.4 Å². The predicted molar refractivity (Wildman–Crippen MR) is 154 cm³/mol. The standard InChI is InChI=1S/C30H27ClN2O5S/c1-3-4-8-15-38-22-14-11-19(16-23(22)37-2)26-25(27(34)18-9-6-5-7-10-18)28(35)29(36)33(26)30-32-21-13-12-20(31)17-24(21)39-30/h5-7,9-14,16-17,26,34H,3-4,8,15H2,1-2H3. The van der Waals surface area contributed by atoms with Crippen LogP contribution in [-0.2, 0) is 9.59 Å². The molecule has 1 aromatic heterocycles. The Labute approximate surface area is 235 Å². The summed E-state index contributed by atoms with van der Waals surface area (Å²) in [5, 5.41) is 12.2. The topological polar surface area (TPSA) is 89.0 Å². The number of thiazole rings is 1. The maximum atomic E-state index is 13.5. The number of rotatable bonds is 9. The highest BCUT2D eigenvalue weighted by atomic mass is 35.5. The number of hydrogen-bond donors (Lipinski definition) is 1. The van der Waals surface area contributed by atoms with Crippen LogP contribution in [0.4, 0.5) is 5.13 Å². The highest BCUT2D eigenvalue weighted by molar-refractivity contribution is 7.22. The van der Waals surface area contributed by atoms with Gasteiger partial charge in [0.15, 0.2) is 16.6 Å². The Hall–Kier alpha value is -3.88. The van der Waals surface area contributed by atoms with Gasteiger partial charge >= 0.3 is 5.91 Å². The fourth-order valence-electron chi connectivity index (χ4n) is 4.59. The molecule has 0 radical (unpaired) electrons. The molecule has 1 saturated heterocycles. The molecule has 9 heteroatoms. The molecule has 3 aromatic carbocycles. The fraction of sp³-hybridized carbons (Fsp3) is 0.233. The Morgan fingerprint density at radius 2 is 1.85 bits per heavy atom. The maximum Gasteiger partial charge on any atom is 0.301 e. The van der Waals surface area contributed by atoms with Crippen molar-refractivity contribution in [1.82, 2.24) is 4.98 Å². The Morgan fingerprint density at radius 1 is 1.05 bits per heavy atom. The quantitative estimate of drug-likeness (QED) is 0.101. The molecule has 200 valence electrons. The first-order valence-corrected chi connectivity index (χ1v) is 13.9. The van der Waals surface area contributed by atoms with E-state index in [1.807, 2.05) is 6.07 Å². The molecule has 0 aliphatic carbocycles. The summed E-state index contributed by atoms with van der Waals surface area (Å²) in [4.78, 5) is 33.0. The van der Waals surface area contributed by atoms with Crippen LogP contribution in [0.15, 0.2) is 72.3 Å². The SMILES string of the molecule is CCCCCOc1ccc(C2C(=C(O)c3ccccc3)C(=O)C(=O)N2c2nc3ccc(Cl)cc3s2)cc1OC. The largest absolute Gasteiger partial charge is 0.507 e. The zero-order chi connectivity index (χ0) is 27.5. The lowest BCUT2D eigenvalue weighted by Gasteiger charge is -2.24. The molecule has 1 unspecified atom stereocenters. The van der Waals surface area contributed by atoms with Crippen molar-refractivity contribution in [3.8, 4) is 11.5 Å². The van der Waals surface area contributed by atoms with Gasteiger partial charge in [-0.3, -0.25) is 14.5 Å². The van der Waals surface area contributed by atoms with Gasteiger partial charge in [-0.15, -0.1) is 0 Å². The number of anilines is 1. The molecular weight excluding hydrogens is 536 g/mol. The van der Waals surface area contributed by atoms with Gasteiger partial charge in [0.05, 0.1) is 35.5 Å². The Bertz CT molecular complexity index is 1570. The Balaban J connectivity index is 1.65. The van der Waals surface area contributed by atoms with Crippen molar-refractivity contribution < 1.29 is 24.2 Å². The number of Topliss-reactive ketones (excluding diaryl/α,β-unsaturated/α-hetero) is 1. The van der Waals surface area contributed by atoms with E-state index < -0.39 is 17.7 Å². The molecule has 0 bridgehead atoms. The van der Waals surface area contributed by atoms with Crippen molar-refractivity contribution in [2.24, 2.45) is 0 Å². The first-order chi connectivity index (χ1) is 18.9. The number of benzene rings is 3. The van der Waals surface area contributed by atoms with Gasteiger partial charge in [-0.1, -0.05) is 79.1 Å². The number of aliphatic hydroxyl groups excluding tert-OH is 1. The number of halogens is 1. The Morgan fingerprint density at radius 3 is 2.59 bits per heavy atom.